The Morgan fingerprint density at radius 1 is 1.29 bits per heavy atom. The summed E-state index contributed by atoms with van der Waals surface area (Å²) in [6, 6.07) is 8.56. The first-order valence-electron chi connectivity index (χ1n) is 6.84. The van der Waals surface area contributed by atoms with Crippen molar-refractivity contribution in [2.45, 2.75) is 12.8 Å². The van der Waals surface area contributed by atoms with E-state index >= 15 is 0 Å². The van der Waals surface area contributed by atoms with Gasteiger partial charge in [0.05, 0.1) is 5.02 Å². The number of anilines is 1. The quantitative estimate of drug-likeness (QED) is 0.711. The summed E-state index contributed by atoms with van der Waals surface area (Å²) in [4.78, 5) is 4.39. The maximum atomic E-state index is 13.4. The van der Waals surface area contributed by atoms with Gasteiger partial charge in [-0.05, 0) is 36.6 Å². The van der Waals surface area contributed by atoms with E-state index in [1.165, 1.54) is 17.7 Å². The van der Waals surface area contributed by atoms with Crippen molar-refractivity contribution in [3.8, 4) is 11.5 Å². The van der Waals surface area contributed by atoms with Crippen molar-refractivity contribution in [1.82, 2.24) is 4.98 Å². The fourth-order valence-corrected chi connectivity index (χ4v) is 3.02. The lowest BCUT2D eigenvalue weighted by Gasteiger charge is -2.19. The van der Waals surface area contributed by atoms with Gasteiger partial charge in [0.1, 0.15) is 11.3 Å². The van der Waals surface area contributed by atoms with Crippen molar-refractivity contribution in [2.24, 2.45) is 0 Å². The smallest absolute Gasteiger partial charge is 0.227 e. The van der Waals surface area contributed by atoms with E-state index in [1.54, 1.807) is 0 Å². The Labute approximate surface area is 125 Å². The molecule has 5 heteroatoms. The van der Waals surface area contributed by atoms with Crippen LogP contribution in [-0.2, 0) is 6.42 Å². The van der Waals surface area contributed by atoms with Crippen LogP contribution in [-0.4, -0.2) is 11.5 Å². The molecule has 0 atom stereocenters. The number of rotatable bonds is 1. The fourth-order valence-electron chi connectivity index (χ4n) is 2.79. The third-order valence-corrected chi connectivity index (χ3v) is 4.02. The molecule has 4 rings (SSSR count). The topological polar surface area (TPSA) is 38.1 Å². The highest BCUT2D eigenvalue weighted by Crippen LogP contribution is 2.35. The Morgan fingerprint density at radius 3 is 3.10 bits per heavy atom. The van der Waals surface area contributed by atoms with Crippen molar-refractivity contribution < 1.29 is 8.81 Å². The van der Waals surface area contributed by atoms with E-state index in [0.717, 1.165) is 30.6 Å². The molecule has 1 aliphatic heterocycles. The predicted octanol–water partition coefficient (Wildman–Crippen LogP) is 4.65. The first-order chi connectivity index (χ1) is 10.2. The molecule has 3 aromatic rings. The number of hydrogen-bond acceptors (Lipinski definition) is 3. The lowest BCUT2D eigenvalue weighted by atomic mass is 9.97. The van der Waals surface area contributed by atoms with Crippen molar-refractivity contribution in [2.75, 3.05) is 11.9 Å². The summed E-state index contributed by atoms with van der Waals surface area (Å²) in [5.74, 6) is 0.0714. The number of hydrogen-bond donors (Lipinski definition) is 1. The molecular formula is C16H12ClFN2O. The molecule has 0 saturated carbocycles. The van der Waals surface area contributed by atoms with E-state index in [2.05, 4.69) is 10.3 Å². The van der Waals surface area contributed by atoms with E-state index in [0.29, 0.717) is 17.0 Å². The Balaban J connectivity index is 1.93. The second kappa shape index (κ2) is 4.74. The molecule has 0 spiro atoms. The van der Waals surface area contributed by atoms with Gasteiger partial charge >= 0.3 is 0 Å². The van der Waals surface area contributed by atoms with Crippen LogP contribution >= 0.6 is 11.6 Å². The van der Waals surface area contributed by atoms with Crippen LogP contribution in [0.3, 0.4) is 0 Å². The lowest BCUT2D eigenvalue weighted by molar-refractivity contribution is 0.613. The molecule has 1 aromatic heterocycles. The molecule has 0 amide bonds. The van der Waals surface area contributed by atoms with Crippen LogP contribution in [0.1, 0.15) is 12.0 Å². The Morgan fingerprint density at radius 2 is 2.19 bits per heavy atom. The largest absolute Gasteiger partial charge is 0.434 e. The Hall–Kier alpha value is -2.07. The molecule has 3 nitrogen and oxygen atoms in total. The molecule has 1 aliphatic rings. The lowest BCUT2D eigenvalue weighted by Crippen LogP contribution is -2.12. The SMILES string of the molecule is Fc1cc(Cl)c2oc(-c3cccc4c3CCCN4)nc2c1. The maximum Gasteiger partial charge on any atom is 0.227 e. The predicted molar refractivity (Wildman–Crippen MR) is 81.2 cm³/mol. The van der Waals surface area contributed by atoms with Gasteiger partial charge in [0.15, 0.2) is 5.58 Å². The summed E-state index contributed by atoms with van der Waals surface area (Å²) >= 11 is 6.02. The Bertz CT molecular complexity index is 844. The second-order valence-corrected chi connectivity index (χ2v) is 5.52. The molecule has 0 fully saturated rings. The maximum absolute atomic E-state index is 13.4. The average molecular weight is 303 g/mol. The highest BCUT2D eigenvalue weighted by Gasteiger charge is 2.18. The molecule has 0 bridgehead atoms. The van der Waals surface area contributed by atoms with Gasteiger partial charge < -0.3 is 9.73 Å². The number of benzene rings is 2. The van der Waals surface area contributed by atoms with Crippen molar-refractivity contribution in [3.05, 3.63) is 46.7 Å². The summed E-state index contributed by atoms with van der Waals surface area (Å²) in [6.07, 6.45) is 2.04. The van der Waals surface area contributed by atoms with Gasteiger partial charge in [0, 0.05) is 23.9 Å². The van der Waals surface area contributed by atoms with E-state index in [9.17, 15) is 4.39 Å². The zero-order chi connectivity index (χ0) is 14.4. The van der Waals surface area contributed by atoms with Crippen LogP contribution in [0.25, 0.3) is 22.6 Å². The van der Waals surface area contributed by atoms with Crippen LogP contribution in [0.4, 0.5) is 10.1 Å². The zero-order valence-corrected chi connectivity index (χ0v) is 11.9. The van der Waals surface area contributed by atoms with Crippen molar-refractivity contribution in [3.63, 3.8) is 0 Å². The molecule has 0 radical (unpaired) electrons. The fraction of sp³-hybridized carbons (Fsp3) is 0.188. The molecule has 2 heterocycles. The molecular weight excluding hydrogens is 291 g/mol. The Kier molecular flexibility index (Phi) is 2.86. The number of aromatic nitrogens is 1. The van der Waals surface area contributed by atoms with Crippen LogP contribution in [0.2, 0.25) is 5.02 Å². The van der Waals surface area contributed by atoms with Gasteiger partial charge in [-0.2, -0.15) is 0 Å². The highest BCUT2D eigenvalue weighted by atomic mass is 35.5. The molecule has 106 valence electrons. The van der Waals surface area contributed by atoms with Gasteiger partial charge in [-0.1, -0.05) is 17.7 Å². The summed E-state index contributed by atoms with van der Waals surface area (Å²) < 4.78 is 19.2. The van der Waals surface area contributed by atoms with Crippen LogP contribution < -0.4 is 5.32 Å². The number of nitrogens with zero attached hydrogens (tertiary/aromatic N) is 1. The van der Waals surface area contributed by atoms with Gasteiger partial charge in [0.25, 0.3) is 0 Å². The van der Waals surface area contributed by atoms with E-state index in [1.807, 2.05) is 18.2 Å². The third-order valence-electron chi connectivity index (χ3n) is 3.73. The molecule has 2 aromatic carbocycles. The van der Waals surface area contributed by atoms with E-state index < -0.39 is 5.82 Å². The first kappa shape index (κ1) is 12.7. The summed E-state index contributed by atoms with van der Waals surface area (Å²) in [7, 11) is 0. The van der Waals surface area contributed by atoms with E-state index in [4.69, 9.17) is 16.0 Å². The second-order valence-electron chi connectivity index (χ2n) is 5.12. The van der Waals surface area contributed by atoms with Crippen LogP contribution in [0.5, 0.6) is 0 Å². The first-order valence-corrected chi connectivity index (χ1v) is 7.22. The standard InChI is InChI=1S/C16H12ClFN2O/c17-12-7-9(18)8-14-15(12)21-16(20-14)11-3-1-5-13-10(11)4-2-6-19-13/h1,3,5,7-8,19H,2,4,6H2. The summed E-state index contributed by atoms with van der Waals surface area (Å²) in [6.45, 7) is 0.973. The average Bonchev–Trinajstić information content (AvgIpc) is 2.90. The monoisotopic (exact) mass is 302 g/mol. The minimum Gasteiger partial charge on any atom is -0.434 e. The molecule has 0 unspecified atom stereocenters. The zero-order valence-electron chi connectivity index (χ0n) is 11.1. The minimum absolute atomic E-state index is 0.242. The van der Waals surface area contributed by atoms with Crippen molar-refractivity contribution >= 4 is 28.4 Å². The van der Waals surface area contributed by atoms with Gasteiger partial charge in [-0.15, -0.1) is 0 Å². The minimum atomic E-state index is -0.413. The molecule has 0 aliphatic carbocycles. The van der Waals surface area contributed by atoms with E-state index in [-0.39, 0.29) is 5.02 Å². The number of fused-ring (bicyclic) bond motifs is 2. The molecule has 21 heavy (non-hydrogen) atoms. The normalized spacial score (nSPS) is 14.0. The van der Waals surface area contributed by atoms with Gasteiger partial charge in [-0.25, -0.2) is 9.37 Å². The number of halogens is 2. The third kappa shape index (κ3) is 2.07. The summed E-state index contributed by atoms with van der Waals surface area (Å²) in [5, 5.41) is 3.61. The van der Waals surface area contributed by atoms with Crippen molar-refractivity contribution in [1.29, 1.82) is 0 Å². The van der Waals surface area contributed by atoms with Crippen LogP contribution in [0, 0.1) is 5.82 Å². The number of oxazole rings is 1. The highest BCUT2D eigenvalue weighted by molar-refractivity contribution is 6.34. The van der Waals surface area contributed by atoms with Crippen LogP contribution in [0.15, 0.2) is 34.7 Å². The van der Waals surface area contributed by atoms with Gasteiger partial charge in [-0.3, -0.25) is 0 Å². The number of nitrogens with one attached hydrogen (secondary N) is 1. The molecule has 0 saturated heterocycles. The van der Waals surface area contributed by atoms with Gasteiger partial charge in [0.2, 0.25) is 5.89 Å². The molecule has 1 N–H and O–H groups in total. The summed E-state index contributed by atoms with van der Waals surface area (Å²) in [5.41, 5.74) is 4.10.